The van der Waals surface area contributed by atoms with Crippen molar-refractivity contribution in [3.05, 3.63) is 12.2 Å². The van der Waals surface area contributed by atoms with Gasteiger partial charge in [-0.3, -0.25) is 0 Å². The van der Waals surface area contributed by atoms with Crippen molar-refractivity contribution in [1.29, 1.82) is 0 Å². The van der Waals surface area contributed by atoms with Crippen molar-refractivity contribution in [2.24, 2.45) is 5.92 Å². The fraction of sp³-hybridized carbons (Fsp3) is 0.786. The average Bonchev–Trinajstić information content (AvgIpc) is 2.64. The Balaban J connectivity index is 2.55. The van der Waals surface area contributed by atoms with Gasteiger partial charge in [0.05, 0.1) is 0 Å². The Bertz CT molecular complexity index is 320. The van der Waals surface area contributed by atoms with Crippen molar-refractivity contribution >= 4 is 6.09 Å². The van der Waals surface area contributed by atoms with Crippen LogP contribution in [0.5, 0.6) is 0 Å². The highest BCUT2D eigenvalue weighted by Gasteiger charge is 2.33. The molecule has 0 spiro atoms. The summed E-state index contributed by atoms with van der Waals surface area (Å²) in [6.45, 7) is 13.2. The lowest BCUT2D eigenvalue weighted by Crippen LogP contribution is -2.39. The van der Waals surface area contributed by atoms with Gasteiger partial charge in [-0.25, -0.2) is 4.79 Å². The molecule has 1 aliphatic heterocycles. The third kappa shape index (κ3) is 4.02. The molecule has 4 heteroatoms. The third-order valence-corrected chi connectivity index (χ3v) is 3.19. The highest BCUT2D eigenvalue weighted by atomic mass is 16.6. The van der Waals surface area contributed by atoms with Crippen LogP contribution in [0.1, 0.15) is 34.1 Å². The lowest BCUT2D eigenvalue weighted by atomic mass is 9.94. The van der Waals surface area contributed by atoms with Gasteiger partial charge in [0.15, 0.2) is 0 Å². The summed E-state index contributed by atoms with van der Waals surface area (Å²) in [5.74, 6) is 0.431. The molecule has 1 fully saturated rings. The van der Waals surface area contributed by atoms with Gasteiger partial charge >= 0.3 is 6.09 Å². The minimum atomic E-state index is -0.425. The van der Waals surface area contributed by atoms with Gasteiger partial charge in [0, 0.05) is 19.1 Å². The SMILES string of the molecule is C=C(C)C(NC)C1CCN(C(=O)OC(C)(C)C)C1. The van der Waals surface area contributed by atoms with Crippen LogP contribution in [-0.4, -0.2) is 42.8 Å². The van der Waals surface area contributed by atoms with E-state index in [1.807, 2.05) is 34.7 Å². The van der Waals surface area contributed by atoms with Gasteiger partial charge in [-0.05, 0) is 47.1 Å². The maximum atomic E-state index is 11.9. The summed E-state index contributed by atoms with van der Waals surface area (Å²) >= 11 is 0. The van der Waals surface area contributed by atoms with E-state index in [9.17, 15) is 4.79 Å². The summed E-state index contributed by atoms with van der Waals surface area (Å²) in [5, 5.41) is 3.27. The molecule has 0 aliphatic carbocycles. The molecule has 1 N–H and O–H groups in total. The van der Waals surface area contributed by atoms with Crippen LogP contribution in [0.4, 0.5) is 4.79 Å². The number of nitrogens with zero attached hydrogens (tertiary/aromatic N) is 1. The van der Waals surface area contributed by atoms with Crippen LogP contribution in [-0.2, 0) is 4.74 Å². The van der Waals surface area contributed by atoms with Crippen LogP contribution in [0.25, 0.3) is 0 Å². The molecule has 18 heavy (non-hydrogen) atoms. The normalized spacial score (nSPS) is 21.8. The van der Waals surface area contributed by atoms with Gasteiger partial charge in [-0.1, -0.05) is 12.2 Å². The summed E-state index contributed by atoms with van der Waals surface area (Å²) in [6.07, 6.45) is 0.791. The lowest BCUT2D eigenvalue weighted by Gasteiger charge is -2.26. The fourth-order valence-electron chi connectivity index (χ4n) is 2.44. The van der Waals surface area contributed by atoms with Gasteiger partial charge in [0.25, 0.3) is 0 Å². The van der Waals surface area contributed by atoms with Gasteiger partial charge < -0.3 is 15.0 Å². The number of likely N-dealkylation sites (tertiary alicyclic amines) is 1. The predicted octanol–water partition coefficient (Wildman–Crippen LogP) is 2.41. The highest BCUT2D eigenvalue weighted by molar-refractivity contribution is 5.68. The van der Waals surface area contributed by atoms with Crippen molar-refractivity contribution in [3.8, 4) is 0 Å². The first-order chi connectivity index (χ1) is 8.24. The number of carbonyl (C=O) groups is 1. The van der Waals surface area contributed by atoms with E-state index < -0.39 is 5.60 Å². The molecule has 0 saturated carbocycles. The van der Waals surface area contributed by atoms with Gasteiger partial charge in [0.1, 0.15) is 5.60 Å². The molecule has 0 aromatic carbocycles. The molecule has 1 heterocycles. The summed E-state index contributed by atoms with van der Waals surface area (Å²) < 4.78 is 5.39. The number of hydrogen-bond acceptors (Lipinski definition) is 3. The quantitative estimate of drug-likeness (QED) is 0.786. The molecule has 0 aromatic rings. The van der Waals surface area contributed by atoms with Crippen molar-refractivity contribution in [3.63, 3.8) is 0 Å². The predicted molar refractivity (Wildman–Crippen MR) is 73.6 cm³/mol. The third-order valence-electron chi connectivity index (χ3n) is 3.19. The van der Waals surface area contributed by atoms with Crippen molar-refractivity contribution < 1.29 is 9.53 Å². The number of nitrogens with one attached hydrogen (secondary N) is 1. The molecule has 104 valence electrons. The van der Waals surface area contributed by atoms with Crippen LogP contribution in [0.3, 0.4) is 0 Å². The van der Waals surface area contributed by atoms with Crippen molar-refractivity contribution in [2.45, 2.75) is 45.8 Å². The Morgan fingerprint density at radius 3 is 2.56 bits per heavy atom. The molecule has 1 aliphatic rings. The van der Waals surface area contributed by atoms with E-state index >= 15 is 0 Å². The van der Waals surface area contributed by atoms with Gasteiger partial charge in [-0.2, -0.15) is 0 Å². The number of hydrogen-bond donors (Lipinski definition) is 1. The molecule has 2 unspecified atom stereocenters. The topological polar surface area (TPSA) is 41.6 Å². The minimum absolute atomic E-state index is 0.207. The first-order valence-corrected chi connectivity index (χ1v) is 6.55. The van der Waals surface area contributed by atoms with E-state index in [2.05, 4.69) is 11.9 Å². The van der Waals surface area contributed by atoms with Crippen LogP contribution < -0.4 is 5.32 Å². The molecule has 4 nitrogen and oxygen atoms in total. The van der Waals surface area contributed by atoms with Crippen molar-refractivity contribution in [2.75, 3.05) is 20.1 Å². The van der Waals surface area contributed by atoms with Crippen LogP contribution in [0, 0.1) is 5.92 Å². The van der Waals surface area contributed by atoms with E-state index in [1.54, 1.807) is 4.90 Å². The van der Waals surface area contributed by atoms with E-state index in [-0.39, 0.29) is 12.1 Å². The van der Waals surface area contributed by atoms with Crippen LogP contribution >= 0.6 is 0 Å². The number of ether oxygens (including phenoxy) is 1. The van der Waals surface area contributed by atoms with Gasteiger partial charge in [0.2, 0.25) is 0 Å². The Morgan fingerprint density at radius 2 is 2.11 bits per heavy atom. The Morgan fingerprint density at radius 1 is 1.50 bits per heavy atom. The lowest BCUT2D eigenvalue weighted by molar-refractivity contribution is 0.0286. The Labute approximate surface area is 110 Å². The second kappa shape index (κ2) is 5.74. The molecule has 1 amide bonds. The Hall–Kier alpha value is -1.03. The molecule has 0 bridgehead atoms. The maximum absolute atomic E-state index is 11.9. The number of carbonyl (C=O) groups excluding carboxylic acids is 1. The largest absolute Gasteiger partial charge is 0.444 e. The first kappa shape index (κ1) is 15.0. The second-order valence-corrected chi connectivity index (χ2v) is 6.09. The number of likely N-dealkylation sites (N-methyl/N-ethyl adjacent to an activating group) is 1. The molecular formula is C14H26N2O2. The number of amides is 1. The second-order valence-electron chi connectivity index (χ2n) is 6.09. The smallest absolute Gasteiger partial charge is 0.410 e. The number of rotatable bonds is 3. The molecular weight excluding hydrogens is 228 g/mol. The monoisotopic (exact) mass is 254 g/mol. The first-order valence-electron chi connectivity index (χ1n) is 6.55. The maximum Gasteiger partial charge on any atom is 0.410 e. The highest BCUT2D eigenvalue weighted by Crippen LogP contribution is 2.24. The standard InChI is InChI=1S/C14H26N2O2/c1-10(2)12(15-6)11-7-8-16(9-11)13(17)18-14(3,4)5/h11-12,15H,1,7-9H2,2-6H3. The van der Waals surface area contributed by atoms with Crippen LogP contribution in [0.15, 0.2) is 12.2 Å². The van der Waals surface area contributed by atoms with Crippen LogP contribution in [0.2, 0.25) is 0 Å². The molecule has 2 atom stereocenters. The summed E-state index contributed by atoms with van der Waals surface area (Å²) in [4.78, 5) is 13.7. The molecule has 0 aromatic heterocycles. The zero-order valence-corrected chi connectivity index (χ0v) is 12.2. The van der Waals surface area contributed by atoms with E-state index in [1.165, 1.54) is 0 Å². The Kier molecular flexibility index (Phi) is 4.79. The minimum Gasteiger partial charge on any atom is -0.444 e. The molecule has 1 rings (SSSR count). The van der Waals surface area contributed by atoms with Gasteiger partial charge in [-0.15, -0.1) is 0 Å². The summed E-state index contributed by atoms with van der Waals surface area (Å²) in [5.41, 5.74) is 0.694. The zero-order valence-electron chi connectivity index (χ0n) is 12.2. The summed E-state index contributed by atoms with van der Waals surface area (Å²) in [6, 6.07) is 0.275. The summed E-state index contributed by atoms with van der Waals surface area (Å²) in [7, 11) is 1.94. The van der Waals surface area contributed by atoms with E-state index in [0.29, 0.717) is 5.92 Å². The average molecular weight is 254 g/mol. The van der Waals surface area contributed by atoms with E-state index in [4.69, 9.17) is 4.74 Å². The van der Waals surface area contributed by atoms with E-state index in [0.717, 1.165) is 25.1 Å². The fourth-order valence-corrected chi connectivity index (χ4v) is 2.44. The van der Waals surface area contributed by atoms with Crippen molar-refractivity contribution in [1.82, 2.24) is 10.2 Å². The molecule has 1 saturated heterocycles. The molecule has 0 radical (unpaired) electrons. The zero-order chi connectivity index (χ0) is 13.9.